The van der Waals surface area contributed by atoms with Gasteiger partial charge in [-0.15, -0.1) is 0 Å². The zero-order chi connectivity index (χ0) is 3.54. The molecule has 6 heavy (non-hydrogen) atoms. The van der Waals surface area contributed by atoms with Crippen LogP contribution in [0.4, 0.5) is 0 Å². The molecule has 1 aliphatic rings. The van der Waals surface area contributed by atoms with Crippen molar-refractivity contribution in [2.24, 2.45) is 0 Å². The summed E-state index contributed by atoms with van der Waals surface area (Å²) in [7, 11) is 0. The van der Waals surface area contributed by atoms with Gasteiger partial charge in [-0.25, -0.2) is 0 Å². The van der Waals surface area contributed by atoms with E-state index in [9.17, 15) is 0 Å². The van der Waals surface area contributed by atoms with Crippen molar-refractivity contribution in [1.29, 1.82) is 0 Å². The van der Waals surface area contributed by atoms with Gasteiger partial charge in [-0.2, -0.15) is 12.8 Å². The summed E-state index contributed by atoms with van der Waals surface area (Å²) in [5.41, 5.74) is 0. The summed E-state index contributed by atoms with van der Waals surface area (Å²) < 4.78 is 0. The van der Waals surface area contributed by atoms with E-state index in [0.717, 1.165) is 0 Å². The van der Waals surface area contributed by atoms with Crippen molar-refractivity contribution < 1.29 is 31.1 Å². The summed E-state index contributed by atoms with van der Waals surface area (Å²) in [6, 6.07) is 0. The Morgan fingerprint density at radius 3 is 1.67 bits per heavy atom. The Morgan fingerprint density at radius 1 is 1.00 bits per heavy atom. The number of hydrogen-bond acceptors (Lipinski definition) is 0. The van der Waals surface area contributed by atoms with Crippen molar-refractivity contribution in [2.75, 3.05) is 0 Å². The second-order valence-electron chi connectivity index (χ2n) is 1.57. The maximum Gasteiger partial charge on any atom is 0 e. The van der Waals surface area contributed by atoms with Gasteiger partial charge in [0.2, 0.25) is 0 Å². The summed E-state index contributed by atoms with van der Waals surface area (Å²) in [4.78, 5) is 0. The van der Waals surface area contributed by atoms with Gasteiger partial charge in [0, 0.05) is 31.1 Å². The van der Waals surface area contributed by atoms with Crippen LogP contribution in [0.15, 0.2) is 0 Å². The molecule has 0 unspecified atom stereocenters. The van der Waals surface area contributed by atoms with Crippen LogP contribution in [0, 0.1) is 37.5 Å². The smallest absolute Gasteiger partial charge is 0 e. The molecule has 0 aromatic heterocycles. The molecule has 1 rings (SSSR count). The van der Waals surface area contributed by atoms with Crippen LogP contribution in [0.3, 0.4) is 0 Å². The maximum atomic E-state index is 2.36. The van der Waals surface area contributed by atoms with Gasteiger partial charge in [-0.05, 0) is 0 Å². The molecular weight excluding hydrogens is 298 g/mol. The van der Waals surface area contributed by atoms with E-state index in [1.165, 1.54) is 25.7 Å². The predicted molar refractivity (Wildman–Crippen MR) is 22.8 cm³/mol. The third-order valence-electron chi connectivity index (χ3n) is 1.07. The summed E-state index contributed by atoms with van der Waals surface area (Å²) in [6.45, 7) is 0. The first-order valence-electron chi connectivity index (χ1n) is 2.32. The molecule has 0 aliphatic heterocycles. The van der Waals surface area contributed by atoms with Crippen LogP contribution in [0.5, 0.6) is 0 Å². The van der Waals surface area contributed by atoms with Crippen LogP contribution in [0.25, 0.3) is 0 Å². The Morgan fingerprint density at radius 2 is 1.50 bits per heavy atom. The van der Waals surface area contributed by atoms with Crippen LogP contribution in [0.2, 0.25) is 0 Å². The van der Waals surface area contributed by atoms with E-state index in [-0.39, 0.29) is 31.1 Å². The van der Waals surface area contributed by atoms with E-state index in [1.807, 2.05) is 0 Å². The fraction of sp³-hybridized carbons (Fsp3) is 0.800. The van der Waals surface area contributed by atoms with E-state index in [1.54, 1.807) is 0 Å². The molecule has 0 radical (unpaired) electrons. The summed E-state index contributed by atoms with van der Waals surface area (Å²) in [5, 5.41) is 0. The van der Waals surface area contributed by atoms with E-state index < -0.39 is 0 Å². The predicted octanol–water partition coefficient (Wildman–Crippen LogP) is 1.76. The minimum absolute atomic E-state index is 0. The molecule has 1 heteroatoms. The van der Waals surface area contributed by atoms with Crippen molar-refractivity contribution in [3.63, 3.8) is 0 Å². The maximum absolute atomic E-state index is 2.36. The molecule has 1 aliphatic carbocycles. The van der Waals surface area contributed by atoms with Crippen LogP contribution in [0.1, 0.15) is 25.7 Å². The standard InChI is InChI=1S/C5H9.U/c1-2-4-5-3-1;/h1H,2-5H2;/q-1;. The normalized spacial score (nSPS) is 20.0. The third kappa shape index (κ3) is 2.26. The average Bonchev–Trinajstić information content (AvgIpc) is 1.76. The van der Waals surface area contributed by atoms with Gasteiger partial charge in [-0.3, -0.25) is 0 Å². The van der Waals surface area contributed by atoms with Crippen molar-refractivity contribution in [2.45, 2.75) is 25.7 Å². The Kier molecular flexibility index (Phi) is 4.96. The molecule has 0 bridgehead atoms. The van der Waals surface area contributed by atoms with E-state index in [4.69, 9.17) is 0 Å². The molecular formula is C5H9U-. The Labute approximate surface area is 63.1 Å². The molecule has 0 spiro atoms. The molecule has 0 saturated heterocycles. The molecule has 0 nitrogen and oxygen atoms in total. The molecule has 1 saturated carbocycles. The number of hydrogen-bond donors (Lipinski definition) is 0. The fourth-order valence-corrected chi connectivity index (χ4v) is 0.722. The van der Waals surface area contributed by atoms with Gasteiger partial charge in [0.15, 0.2) is 0 Å². The molecule has 1 fully saturated rings. The van der Waals surface area contributed by atoms with Gasteiger partial charge in [0.25, 0.3) is 0 Å². The largest absolute Gasteiger partial charge is 0.328 e. The van der Waals surface area contributed by atoms with Gasteiger partial charge >= 0.3 is 0 Å². The van der Waals surface area contributed by atoms with Crippen molar-refractivity contribution in [1.82, 2.24) is 0 Å². The minimum atomic E-state index is 0. The molecule has 34 valence electrons. The molecule has 0 N–H and O–H groups in total. The summed E-state index contributed by atoms with van der Waals surface area (Å²) >= 11 is 0. The summed E-state index contributed by atoms with van der Waals surface area (Å²) in [6.07, 6.45) is 8.00. The quantitative estimate of drug-likeness (QED) is 0.598. The second-order valence-corrected chi connectivity index (χ2v) is 1.57. The minimum Gasteiger partial charge on any atom is -0.328 e. The van der Waals surface area contributed by atoms with E-state index >= 15 is 0 Å². The van der Waals surface area contributed by atoms with Gasteiger partial charge < -0.3 is 6.42 Å². The molecule has 0 heterocycles. The first-order valence-corrected chi connectivity index (χ1v) is 2.32. The summed E-state index contributed by atoms with van der Waals surface area (Å²) in [5.74, 6) is 0. The van der Waals surface area contributed by atoms with Crippen molar-refractivity contribution >= 4 is 0 Å². The molecule has 0 amide bonds. The van der Waals surface area contributed by atoms with Gasteiger partial charge in [-0.1, -0.05) is 12.8 Å². The Hall–Kier alpha value is 1.05. The van der Waals surface area contributed by atoms with Crippen LogP contribution < -0.4 is 0 Å². The van der Waals surface area contributed by atoms with Crippen LogP contribution in [-0.2, 0) is 0 Å². The van der Waals surface area contributed by atoms with Crippen molar-refractivity contribution in [3.8, 4) is 0 Å². The van der Waals surface area contributed by atoms with E-state index in [2.05, 4.69) is 6.42 Å². The van der Waals surface area contributed by atoms with Gasteiger partial charge in [0.1, 0.15) is 0 Å². The average molecular weight is 307 g/mol. The number of rotatable bonds is 0. The topological polar surface area (TPSA) is 0 Å². The first kappa shape index (κ1) is 7.05. The van der Waals surface area contributed by atoms with E-state index in [0.29, 0.717) is 0 Å². The van der Waals surface area contributed by atoms with Crippen LogP contribution in [-0.4, -0.2) is 0 Å². The fourth-order valence-electron chi connectivity index (χ4n) is 0.722. The Bertz CT molecular complexity index is 15.5. The SMILES string of the molecule is [CH-]1CCCC1.[U]. The first-order chi connectivity index (χ1) is 2.50. The third-order valence-corrected chi connectivity index (χ3v) is 1.07. The molecule has 0 aromatic carbocycles. The van der Waals surface area contributed by atoms with Gasteiger partial charge in [0.05, 0.1) is 0 Å². The monoisotopic (exact) mass is 307 g/mol. The second kappa shape index (κ2) is 4.22. The molecule has 0 atom stereocenters. The molecule has 0 aromatic rings. The Balaban J connectivity index is 0.000000250. The zero-order valence-corrected chi connectivity index (χ0v) is 8.07. The van der Waals surface area contributed by atoms with Crippen LogP contribution >= 0.6 is 0 Å². The van der Waals surface area contributed by atoms with Crippen molar-refractivity contribution in [3.05, 3.63) is 6.42 Å². The zero-order valence-electron chi connectivity index (χ0n) is 3.91.